The maximum Gasteiger partial charge on any atom is 0.411 e. The minimum Gasteiger partial charge on any atom is -0.466 e. The quantitative estimate of drug-likeness (QED) is 0.709. The van der Waals surface area contributed by atoms with Crippen LogP contribution in [0.15, 0.2) is 24.3 Å². The molecule has 1 aliphatic carbocycles. The highest BCUT2D eigenvalue weighted by Crippen LogP contribution is 2.22. The van der Waals surface area contributed by atoms with Crippen molar-refractivity contribution in [2.45, 2.75) is 57.6 Å². The van der Waals surface area contributed by atoms with Crippen LogP contribution >= 0.6 is 0 Å². The molecule has 0 spiro atoms. The molecule has 0 aliphatic heterocycles. The van der Waals surface area contributed by atoms with Gasteiger partial charge in [-0.05, 0) is 50.5 Å². The van der Waals surface area contributed by atoms with Crippen LogP contribution in [0.5, 0.6) is 0 Å². The number of esters is 1. The van der Waals surface area contributed by atoms with Gasteiger partial charge in [-0.25, -0.2) is 9.18 Å². The van der Waals surface area contributed by atoms with Gasteiger partial charge in [0.05, 0.1) is 13.0 Å². The number of hydrogen-bond acceptors (Lipinski definition) is 5. The number of amides is 2. The van der Waals surface area contributed by atoms with Crippen LogP contribution in [0, 0.1) is 5.82 Å². The minimum atomic E-state index is -0.610. The van der Waals surface area contributed by atoms with Crippen molar-refractivity contribution in [2.75, 3.05) is 11.9 Å². The van der Waals surface area contributed by atoms with Gasteiger partial charge in [-0.3, -0.25) is 14.9 Å². The molecular weight excluding hydrogens is 355 g/mol. The first-order valence-electron chi connectivity index (χ1n) is 9.14. The summed E-state index contributed by atoms with van der Waals surface area (Å²) < 4.78 is 23.1. The second-order valence-electron chi connectivity index (χ2n) is 6.40. The van der Waals surface area contributed by atoms with Crippen molar-refractivity contribution in [3.8, 4) is 0 Å². The predicted molar refractivity (Wildman–Crippen MR) is 96.6 cm³/mol. The molecule has 2 atom stereocenters. The number of anilines is 1. The summed E-state index contributed by atoms with van der Waals surface area (Å²) in [5.41, 5.74) is 0.445. The number of benzene rings is 1. The van der Waals surface area contributed by atoms with Crippen LogP contribution in [-0.2, 0) is 19.1 Å². The Morgan fingerprint density at radius 3 is 2.59 bits per heavy atom. The SMILES string of the molecule is CCOC(=O)CCC(=O)N[C@H]1CCC[C@H](OC(=O)Nc2ccc(F)cc2)C1. The van der Waals surface area contributed by atoms with E-state index in [1.807, 2.05) is 0 Å². The zero-order valence-electron chi connectivity index (χ0n) is 15.3. The standard InChI is InChI=1S/C19H25FN2O5/c1-2-26-18(24)11-10-17(23)21-15-4-3-5-16(12-15)27-19(25)22-14-8-6-13(20)7-9-14/h6-9,15-16H,2-5,10-12H2,1H3,(H,21,23)(H,22,25)/t15-,16-/m0/s1. The van der Waals surface area contributed by atoms with Crippen LogP contribution in [0.4, 0.5) is 14.9 Å². The molecule has 0 bridgehead atoms. The zero-order chi connectivity index (χ0) is 19.6. The lowest BCUT2D eigenvalue weighted by atomic mass is 9.92. The summed E-state index contributed by atoms with van der Waals surface area (Å²) >= 11 is 0. The summed E-state index contributed by atoms with van der Waals surface area (Å²) in [4.78, 5) is 35.2. The number of nitrogens with one attached hydrogen (secondary N) is 2. The summed E-state index contributed by atoms with van der Waals surface area (Å²) in [7, 11) is 0. The highest BCUT2D eigenvalue weighted by molar-refractivity contribution is 5.84. The number of hydrogen-bond donors (Lipinski definition) is 2. The Balaban J connectivity index is 1.73. The second-order valence-corrected chi connectivity index (χ2v) is 6.40. The van der Waals surface area contributed by atoms with Crippen molar-refractivity contribution < 1.29 is 28.2 Å². The summed E-state index contributed by atoms with van der Waals surface area (Å²) in [5, 5.41) is 5.43. The Hall–Kier alpha value is -2.64. The molecule has 2 N–H and O–H groups in total. The Kier molecular flexibility index (Phi) is 8.03. The first-order chi connectivity index (χ1) is 13.0. The molecule has 1 fully saturated rings. The maximum absolute atomic E-state index is 12.9. The van der Waals surface area contributed by atoms with Crippen LogP contribution in [0.2, 0.25) is 0 Å². The molecule has 2 amide bonds. The van der Waals surface area contributed by atoms with Gasteiger partial charge in [0.25, 0.3) is 0 Å². The largest absolute Gasteiger partial charge is 0.466 e. The molecule has 1 saturated carbocycles. The number of halogens is 1. The fourth-order valence-corrected chi connectivity index (χ4v) is 2.96. The third kappa shape index (κ3) is 7.64. The summed E-state index contributed by atoms with van der Waals surface area (Å²) in [6, 6.07) is 5.29. The van der Waals surface area contributed by atoms with Crippen molar-refractivity contribution >= 4 is 23.7 Å². The third-order valence-electron chi connectivity index (χ3n) is 4.22. The fourth-order valence-electron chi connectivity index (χ4n) is 2.96. The van der Waals surface area contributed by atoms with Crippen LogP contribution in [0.3, 0.4) is 0 Å². The van der Waals surface area contributed by atoms with Gasteiger partial charge in [-0.15, -0.1) is 0 Å². The molecule has 148 valence electrons. The van der Waals surface area contributed by atoms with Gasteiger partial charge in [0.15, 0.2) is 0 Å². The van der Waals surface area contributed by atoms with Crippen LogP contribution < -0.4 is 10.6 Å². The molecule has 0 radical (unpaired) electrons. The molecule has 0 heterocycles. The van der Waals surface area contributed by atoms with E-state index >= 15 is 0 Å². The van der Waals surface area contributed by atoms with E-state index in [2.05, 4.69) is 10.6 Å². The van der Waals surface area contributed by atoms with Gasteiger partial charge >= 0.3 is 12.1 Å². The number of ether oxygens (including phenoxy) is 2. The first-order valence-corrected chi connectivity index (χ1v) is 9.14. The number of carbonyl (C=O) groups is 3. The first kappa shape index (κ1) is 20.7. The topological polar surface area (TPSA) is 93.7 Å². The smallest absolute Gasteiger partial charge is 0.411 e. The Bertz CT molecular complexity index is 650. The van der Waals surface area contributed by atoms with E-state index in [9.17, 15) is 18.8 Å². The van der Waals surface area contributed by atoms with E-state index in [0.29, 0.717) is 25.1 Å². The lowest BCUT2D eigenvalue weighted by molar-refractivity contribution is -0.144. The van der Waals surface area contributed by atoms with Gasteiger partial charge < -0.3 is 14.8 Å². The van der Waals surface area contributed by atoms with Gasteiger partial charge in [-0.1, -0.05) is 0 Å². The van der Waals surface area contributed by atoms with Gasteiger partial charge in [-0.2, -0.15) is 0 Å². The Morgan fingerprint density at radius 2 is 1.89 bits per heavy atom. The van der Waals surface area contributed by atoms with E-state index in [1.165, 1.54) is 24.3 Å². The van der Waals surface area contributed by atoms with Crippen LogP contribution in [-0.4, -0.2) is 36.7 Å². The molecular formula is C19H25FN2O5. The predicted octanol–water partition coefficient (Wildman–Crippen LogP) is 3.14. The molecule has 2 rings (SSSR count). The summed E-state index contributed by atoms with van der Waals surface area (Å²) in [5.74, 6) is -0.998. The molecule has 0 aromatic heterocycles. The van der Waals surface area contributed by atoms with Gasteiger partial charge in [0.1, 0.15) is 11.9 Å². The molecule has 1 aliphatic rings. The fraction of sp³-hybridized carbons (Fsp3) is 0.526. The molecule has 1 aromatic rings. The van der Waals surface area contributed by atoms with Gasteiger partial charge in [0.2, 0.25) is 5.91 Å². The second kappa shape index (κ2) is 10.5. The minimum absolute atomic E-state index is 0.0480. The lowest BCUT2D eigenvalue weighted by Gasteiger charge is -2.29. The highest BCUT2D eigenvalue weighted by Gasteiger charge is 2.26. The van der Waals surface area contributed by atoms with Crippen molar-refractivity contribution in [2.24, 2.45) is 0 Å². The molecule has 0 saturated heterocycles. The van der Waals surface area contributed by atoms with E-state index in [1.54, 1.807) is 6.92 Å². The summed E-state index contributed by atoms with van der Waals surface area (Å²) in [6.45, 7) is 2.01. The molecule has 1 aromatic carbocycles. The van der Waals surface area contributed by atoms with Gasteiger partial charge in [0, 0.05) is 24.6 Å². The molecule has 7 nitrogen and oxygen atoms in total. The average molecular weight is 380 g/mol. The van der Waals surface area contributed by atoms with Crippen molar-refractivity contribution in [1.29, 1.82) is 0 Å². The molecule has 0 unspecified atom stereocenters. The van der Waals surface area contributed by atoms with E-state index < -0.39 is 12.1 Å². The Morgan fingerprint density at radius 1 is 1.15 bits per heavy atom. The van der Waals surface area contributed by atoms with Crippen molar-refractivity contribution in [3.63, 3.8) is 0 Å². The monoisotopic (exact) mass is 380 g/mol. The number of rotatable bonds is 7. The molecule has 27 heavy (non-hydrogen) atoms. The average Bonchev–Trinajstić information content (AvgIpc) is 2.62. The number of carbonyl (C=O) groups excluding carboxylic acids is 3. The van der Waals surface area contributed by atoms with E-state index in [0.717, 1.165) is 12.8 Å². The van der Waals surface area contributed by atoms with Crippen molar-refractivity contribution in [1.82, 2.24) is 5.32 Å². The maximum atomic E-state index is 12.9. The van der Waals surface area contributed by atoms with E-state index in [4.69, 9.17) is 9.47 Å². The zero-order valence-corrected chi connectivity index (χ0v) is 15.3. The highest BCUT2D eigenvalue weighted by atomic mass is 19.1. The van der Waals surface area contributed by atoms with E-state index in [-0.39, 0.29) is 36.7 Å². The van der Waals surface area contributed by atoms with Crippen molar-refractivity contribution in [3.05, 3.63) is 30.1 Å². The van der Waals surface area contributed by atoms with Crippen LogP contribution in [0.25, 0.3) is 0 Å². The molecule has 8 heteroatoms. The van der Waals surface area contributed by atoms with Crippen LogP contribution in [0.1, 0.15) is 45.4 Å². The summed E-state index contributed by atoms with van der Waals surface area (Å²) in [6.07, 6.45) is 2.05. The third-order valence-corrected chi connectivity index (χ3v) is 4.22. The lowest BCUT2D eigenvalue weighted by Crippen LogP contribution is -2.41. The Labute approximate surface area is 157 Å². The normalized spacial score (nSPS) is 19.0.